The monoisotopic (exact) mass is 373 g/mol. The fourth-order valence-electron chi connectivity index (χ4n) is 2.93. The van der Waals surface area contributed by atoms with Gasteiger partial charge in [0.2, 0.25) is 0 Å². The predicted molar refractivity (Wildman–Crippen MR) is 113 cm³/mol. The van der Waals surface area contributed by atoms with Crippen LogP contribution in [0.3, 0.4) is 0 Å². The first-order chi connectivity index (χ1) is 13.4. The molecule has 1 atom stereocenters. The Hall–Kier alpha value is -3.40. The highest BCUT2D eigenvalue weighted by atomic mass is 16.5. The van der Waals surface area contributed by atoms with E-state index in [1.165, 1.54) is 6.08 Å². The van der Waals surface area contributed by atoms with Crippen LogP contribution in [-0.2, 0) is 14.3 Å². The number of carbonyl (C=O) groups excluding carboxylic acids is 2. The van der Waals surface area contributed by atoms with Crippen molar-refractivity contribution in [1.29, 1.82) is 0 Å². The van der Waals surface area contributed by atoms with Gasteiger partial charge < -0.3 is 10.1 Å². The Morgan fingerprint density at radius 3 is 2.57 bits per heavy atom. The van der Waals surface area contributed by atoms with E-state index >= 15 is 0 Å². The molecule has 4 nitrogen and oxygen atoms in total. The van der Waals surface area contributed by atoms with Crippen molar-refractivity contribution in [3.8, 4) is 0 Å². The summed E-state index contributed by atoms with van der Waals surface area (Å²) in [6.07, 6.45) is 2.16. The Bertz CT molecular complexity index is 1050. The second-order valence-corrected chi connectivity index (χ2v) is 6.79. The Labute approximate surface area is 164 Å². The quantitative estimate of drug-likeness (QED) is 0.503. The third kappa shape index (κ3) is 4.65. The van der Waals surface area contributed by atoms with Gasteiger partial charge in [0.1, 0.15) is 0 Å². The summed E-state index contributed by atoms with van der Waals surface area (Å²) in [6.45, 7) is 5.43. The number of hydrogen-bond acceptors (Lipinski definition) is 3. The summed E-state index contributed by atoms with van der Waals surface area (Å²) in [4.78, 5) is 24.5. The van der Waals surface area contributed by atoms with E-state index < -0.39 is 12.1 Å². The lowest BCUT2D eigenvalue weighted by Gasteiger charge is -2.14. The molecule has 0 spiro atoms. The number of esters is 1. The minimum atomic E-state index is -0.899. The van der Waals surface area contributed by atoms with Gasteiger partial charge in [0, 0.05) is 11.8 Å². The number of anilines is 1. The number of ether oxygens (including phenoxy) is 1. The summed E-state index contributed by atoms with van der Waals surface area (Å²) in [7, 11) is 0. The van der Waals surface area contributed by atoms with Crippen LogP contribution in [0.4, 0.5) is 5.69 Å². The zero-order valence-corrected chi connectivity index (χ0v) is 16.2. The molecule has 0 aliphatic carbocycles. The topological polar surface area (TPSA) is 55.4 Å². The fourth-order valence-corrected chi connectivity index (χ4v) is 2.93. The van der Waals surface area contributed by atoms with Gasteiger partial charge in [-0.05, 0) is 60.4 Å². The number of hydrogen-bond donors (Lipinski definition) is 1. The van der Waals surface area contributed by atoms with Gasteiger partial charge in [-0.1, -0.05) is 54.6 Å². The first-order valence-electron chi connectivity index (χ1n) is 9.18. The zero-order chi connectivity index (χ0) is 20.1. The molecule has 1 N–H and O–H groups in total. The minimum Gasteiger partial charge on any atom is -0.449 e. The molecule has 3 rings (SSSR count). The first kappa shape index (κ1) is 19.4. The van der Waals surface area contributed by atoms with E-state index in [9.17, 15) is 9.59 Å². The third-order valence-corrected chi connectivity index (χ3v) is 4.54. The molecular formula is C24H23NO3. The van der Waals surface area contributed by atoms with Gasteiger partial charge in [0.15, 0.2) is 6.10 Å². The largest absolute Gasteiger partial charge is 0.449 e. The molecule has 0 unspecified atom stereocenters. The molecule has 3 aromatic rings. The number of amides is 1. The molecular weight excluding hydrogens is 350 g/mol. The van der Waals surface area contributed by atoms with Crippen LogP contribution in [0.1, 0.15) is 23.6 Å². The Morgan fingerprint density at radius 1 is 1.00 bits per heavy atom. The van der Waals surface area contributed by atoms with Gasteiger partial charge in [-0.2, -0.15) is 0 Å². The Morgan fingerprint density at radius 2 is 1.75 bits per heavy atom. The summed E-state index contributed by atoms with van der Waals surface area (Å²) in [5, 5.41) is 4.96. The summed E-state index contributed by atoms with van der Waals surface area (Å²) in [5.74, 6) is -0.919. The van der Waals surface area contributed by atoms with Crippen molar-refractivity contribution in [2.24, 2.45) is 0 Å². The maximum Gasteiger partial charge on any atom is 0.331 e. The Balaban J connectivity index is 1.64. The maximum absolute atomic E-state index is 12.3. The smallest absolute Gasteiger partial charge is 0.331 e. The lowest BCUT2D eigenvalue weighted by Crippen LogP contribution is -2.29. The van der Waals surface area contributed by atoms with Crippen LogP contribution >= 0.6 is 0 Å². The van der Waals surface area contributed by atoms with Crippen LogP contribution in [0.25, 0.3) is 16.8 Å². The van der Waals surface area contributed by atoms with Crippen LogP contribution in [0, 0.1) is 13.8 Å². The van der Waals surface area contributed by atoms with Crippen molar-refractivity contribution in [2.45, 2.75) is 26.9 Å². The van der Waals surface area contributed by atoms with Crippen molar-refractivity contribution < 1.29 is 14.3 Å². The predicted octanol–water partition coefficient (Wildman–Crippen LogP) is 5.04. The number of fused-ring (bicyclic) bond motifs is 1. The van der Waals surface area contributed by atoms with E-state index in [1.807, 2.05) is 74.5 Å². The molecule has 4 heteroatoms. The van der Waals surface area contributed by atoms with E-state index in [2.05, 4.69) is 5.32 Å². The second kappa shape index (κ2) is 8.53. The number of rotatable bonds is 5. The Kier molecular flexibility index (Phi) is 5.90. The highest BCUT2D eigenvalue weighted by molar-refractivity contribution is 5.98. The summed E-state index contributed by atoms with van der Waals surface area (Å²) in [5.41, 5.74) is 3.64. The second-order valence-electron chi connectivity index (χ2n) is 6.79. The van der Waals surface area contributed by atoms with Crippen molar-refractivity contribution in [1.82, 2.24) is 0 Å². The molecule has 0 aromatic heterocycles. The van der Waals surface area contributed by atoms with E-state index in [0.717, 1.165) is 33.2 Å². The molecule has 0 saturated carbocycles. The highest BCUT2D eigenvalue weighted by Gasteiger charge is 2.17. The number of benzene rings is 3. The van der Waals surface area contributed by atoms with Gasteiger partial charge in [0.05, 0.1) is 0 Å². The van der Waals surface area contributed by atoms with Gasteiger partial charge in [-0.3, -0.25) is 4.79 Å². The molecule has 28 heavy (non-hydrogen) atoms. The molecule has 0 aliphatic heterocycles. The SMILES string of the molecule is Cc1ccc(C)c(NC(=O)[C@H](C)OC(=O)/C=C/c2cccc3ccccc23)c1. The number of nitrogens with one attached hydrogen (secondary N) is 1. The number of carbonyl (C=O) groups is 2. The summed E-state index contributed by atoms with van der Waals surface area (Å²) < 4.78 is 5.25. The molecule has 0 fully saturated rings. The van der Waals surface area contributed by atoms with Crippen molar-refractivity contribution in [2.75, 3.05) is 5.32 Å². The highest BCUT2D eigenvalue weighted by Crippen LogP contribution is 2.20. The molecule has 0 heterocycles. The minimum absolute atomic E-state index is 0.361. The lowest BCUT2D eigenvalue weighted by molar-refractivity contribution is -0.148. The van der Waals surface area contributed by atoms with Crippen LogP contribution in [-0.4, -0.2) is 18.0 Å². The normalized spacial score (nSPS) is 12.1. The average molecular weight is 373 g/mol. The van der Waals surface area contributed by atoms with Crippen LogP contribution in [0.5, 0.6) is 0 Å². The van der Waals surface area contributed by atoms with Crippen molar-refractivity contribution in [3.05, 3.63) is 83.4 Å². The molecule has 3 aromatic carbocycles. The number of aryl methyl sites for hydroxylation is 2. The maximum atomic E-state index is 12.3. The van der Waals surface area contributed by atoms with Gasteiger partial charge in [-0.25, -0.2) is 4.79 Å². The average Bonchev–Trinajstić information content (AvgIpc) is 2.69. The molecule has 1 amide bonds. The van der Waals surface area contributed by atoms with Gasteiger partial charge in [-0.15, -0.1) is 0 Å². The zero-order valence-electron chi connectivity index (χ0n) is 16.2. The summed E-state index contributed by atoms with van der Waals surface area (Å²) in [6, 6.07) is 19.6. The molecule has 0 radical (unpaired) electrons. The van der Waals surface area contributed by atoms with Crippen molar-refractivity contribution >= 4 is 34.4 Å². The van der Waals surface area contributed by atoms with Crippen LogP contribution in [0.2, 0.25) is 0 Å². The van der Waals surface area contributed by atoms with E-state index in [4.69, 9.17) is 4.74 Å². The third-order valence-electron chi connectivity index (χ3n) is 4.54. The van der Waals surface area contributed by atoms with Gasteiger partial charge in [0.25, 0.3) is 5.91 Å². The van der Waals surface area contributed by atoms with E-state index in [0.29, 0.717) is 0 Å². The lowest BCUT2D eigenvalue weighted by atomic mass is 10.0. The van der Waals surface area contributed by atoms with Crippen molar-refractivity contribution in [3.63, 3.8) is 0 Å². The van der Waals surface area contributed by atoms with E-state index in [1.54, 1.807) is 13.0 Å². The first-order valence-corrected chi connectivity index (χ1v) is 9.18. The standard InChI is InChI=1S/C24H23NO3/c1-16-11-12-17(2)22(15-16)25-24(27)18(3)28-23(26)14-13-20-9-6-8-19-7-4-5-10-21(19)20/h4-15,18H,1-3H3,(H,25,27)/b14-13+/t18-/m0/s1. The van der Waals surface area contributed by atoms with Crippen LogP contribution in [0.15, 0.2) is 66.7 Å². The fraction of sp³-hybridized carbons (Fsp3) is 0.167. The van der Waals surface area contributed by atoms with Gasteiger partial charge >= 0.3 is 5.97 Å². The molecule has 0 saturated heterocycles. The molecule has 0 bridgehead atoms. The molecule has 0 aliphatic rings. The van der Waals surface area contributed by atoms with Crippen LogP contribution < -0.4 is 5.32 Å². The van der Waals surface area contributed by atoms with E-state index in [-0.39, 0.29) is 5.91 Å². The summed E-state index contributed by atoms with van der Waals surface area (Å²) >= 11 is 0. The molecule has 142 valence electrons.